The third-order valence-corrected chi connectivity index (χ3v) is 5.93. The second-order valence-corrected chi connectivity index (χ2v) is 8.21. The van der Waals surface area contributed by atoms with Crippen LogP contribution in [0.3, 0.4) is 0 Å². The average Bonchev–Trinajstić information content (AvgIpc) is 3.00. The molecule has 2 aliphatic heterocycles. The number of imide groups is 1. The van der Waals surface area contributed by atoms with Crippen molar-refractivity contribution >= 4 is 34.7 Å². The highest BCUT2D eigenvalue weighted by molar-refractivity contribution is 6.45. The molecule has 0 radical (unpaired) electrons. The van der Waals surface area contributed by atoms with E-state index in [0.29, 0.717) is 45.8 Å². The van der Waals surface area contributed by atoms with Gasteiger partial charge in [0.05, 0.1) is 17.9 Å². The molecule has 0 bridgehead atoms. The Labute approximate surface area is 181 Å². The molecule has 2 aliphatic rings. The summed E-state index contributed by atoms with van der Waals surface area (Å²) in [5.41, 5.74) is 2.14. The Balaban J connectivity index is 1.77. The minimum Gasteiger partial charge on any atom is -0.494 e. The number of likely N-dealkylation sites (tertiary alicyclic amines) is 1. The van der Waals surface area contributed by atoms with Crippen LogP contribution in [-0.2, 0) is 9.59 Å². The zero-order valence-electron chi connectivity index (χ0n) is 17.2. The molecular formula is C24H25ClN2O3. The van der Waals surface area contributed by atoms with E-state index < -0.39 is 0 Å². The van der Waals surface area contributed by atoms with Crippen LogP contribution in [0.5, 0.6) is 5.75 Å². The summed E-state index contributed by atoms with van der Waals surface area (Å²) in [5, 5.41) is 0.589. The van der Waals surface area contributed by atoms with Crippen LogP contribution in [0.2, 0.25) is 5.02 Å². The first-order chi connectivity index (χ1) is 14.5. The summed E-state index contributed by atoms with van der Waals surface area (Å²) in [4.78, 5) is 30.4. The Morgan fingerprint density at radius 2 is 1.73 bits per heavy atom. The molecule has 2 amide bonds. The van der Waals surface area contributed by atoms with Crippen LogP contribution in [0, 0.1) is 5.92 Å². The third-order valence-electron chi connectivity index (χ3n) is 5.68. The highest BCUT2D eigenvalue weighted by atomic mass is 35.5. The van der Waals surface area contributed by atoms with Gasteiger partial charge in [0.15, 0.2) is 0 Å². The van der Waals surface area contributed by atoms with Crippen molar-refractivity contribution in [2.24, 2.45) is 5.92 Å². The molecule has 0 aliphatic carbocycles. The highest BCUT2D eigenvalue weighted by Crippen LogP contribution is 2.37. The number of carbonyl (C=O) groups excluding carboxylic acids is 2. The molecule has 2 aromatic rings. The number of rotatable bonds is 5. The summed E-state index contributed by atoms with van der Waals surface area (Å²) in [6.45, 7) is 6.16. The molecule has 2 heterocycles. The lowest BCUT2D eigenvalue weighted by molar-refractivity contribution is -0.120. The van der Waals surface area contributed by atoms with Crippen LogP contribution in [0.25, 0.3) is 5.57 Å². The largest absolute Gasteiger partial charge is 0.494 e. The Morgan fingerprint density at radius 3 is 2.40 bits per heavy atom. The van der Waals surface area contributed by atoms with E-state index in [4.69, 9.17) is 16.3 Å². The Morgan fingerprint density at radius 1 is 1.03 bits per heavy atom. The van der Waals surface area contributed by atoms with Crippen molar-refractivity contribution in [1.29, 1.82) is 0 Å². The van der Waals surface area contributed by atoms with Gasteiger partial charge in [-0.3, -0.25) is 9.59 Å². The summed E-state index contributed by atoms with van der Waals surface area (Å²) in [6.07, 6.45) is 2.00. The van der Waals surface area contributed by atoms with Gasteiger partial charge in [-0.2, -0.15) is 0 Å². The number of amides is 2. The first kappa shape index (κ1) is 20.5. The predicted octanol–water partition coefficient (Wildman–Crippen LogP) is 4.76. The van der Waals surface area contributed by atoms with Crippen LogP contribution in [0.4, 0.5) is 5.69 Å². The Hall–Kier alpha value is -2.79. The first-order valence-electron chi connectivity index (χ1n) is 10.4. The van der Waals surface area contributed by atoms with Crippen LogP contribution >= 0.6 is 11.6 Å². The summed E-state index contributed by atoms with van der Waals surface area (Å²) < 4.78 is 5.57. The standard InChI is InChI=1S/C24H25ClN2O3/c1-3-30-20-6-4-5-19(15-20)27-23(28)21(17-7-9-18(25)10-8-17)22(24(27)29)26-13-11-16(2)12-14-26/h4-10,15-16H,3,11-14H2,1-2H3. The van der Waals surface area contributed by atoms with E-state index in [-0.39, 0.29) is 11.8 Å². The molecule has 1 fully saturated rings. The number of nitrogens with zero attached hydrogens (tertiary/aromatic N) is 2. The Kier molecular flexibility index (Phi) is 5.82. The fourth-order valence-corrected chi connectivity index (χ4v) is 4.16. The third kappa shape index (κ3) is 3.82. The monoisotopic (exact) mass is 424 g/mol. The van der Waals surface area contributed by atoms with Crippen molar-refractivity contribution in [2.45, 2.75) is 26.7 Å². The van der Waals surface area contributed by atoms with Gasteiger partial charge in [-0.25, -0.2) is 4.90 Å². The Bertz CT molecular complexity index is 992. The molecule has 0 unspecified atom stereocenters. The maximum absolute atomic E-state index is 13.6. The molecule has 6 heteroatoms. The zero-order valence-corrected chi connectivity index (χ0v) is 18.0. The number of carbonyl (C=O) groups is 2. The number of benzene rings is 2. The van der Waals surface area contributed by atoms with Crippen LogP contribution < -0.4 is 9.64 Å². The van der Waals surface area contributed by atoms with Crippen molar-refractivity contribution in [3.05, 3.63) is 64.8 Å². The van der Waals surface area contributed by atoms with E-state index in [2.05, 4.69) is 11.8 Å². The van der Waals surface area contributed by atoms with E-state index in [9.17, 15) is 9.59 Å². The molecule has 0 N–H and O–H groups in total. The van der Waals surface area contributed by atoms with Crippen LogP contribution in [-0.4, -0.2) is 36.4 Å². The minimum absolute atomic E-state index is 0.284. The molecule has 0 atom stereocenters. The maximum Gasteiger partial charge on any atom is 0.282 e. The topological polar surface area (TPSA) is 49.9 Å². The molecule has 156 valence electrons. The summed E-state index contributed by atoms with van der Waals surface area (Å²) in [7, 11) is 0. The molecule has 4 rings (SSSR count). The lowest BCUT2D eigenvalue weighted by atomic mass is 9.97. The van der Waals surface area contributed by atoms with Crippen LogP contribution in [0.15, 0.2) is 54.2 Å². The molecule has 30 heavy (non-hydrogen) atoms. The van der Waals surface area contributed by atoms with Gasteiger partial charge >= 0.3 is 0 Å². The highest BCUT2D eigenvalue weighted by Gasteiger charge is 2.43. The van der Waals surface area contributed by atoms with E-state index in [0.717, 1.165) is 25.9 Å². The van der Waals surface area contributed by atoms with E-state index >= 15 is 0 Å². The van der Waals surface area contributed by atoms with Gasteiger partial charge in [0, 0.05) is 24.2 Å². The summed E-state index contributed by atoms with van der Waals surface area (Å²) in [6, 6.07) is 14.2. The van der Waals surface area contributed by atoms with Crippen molar-refractivity contribution < 1.29 is 14.3 Å². The molecular weight excluding hydrogens is 400 g/mol. The van der Waals surface area contributed by atoms with E-state index in [1.54, 1.807) is 42.5 Å². The summed E-state index contributed by atoms with van der Waals surface area (Å²) in [5.74, 6) is 0.647. The van der Waals surface area contributed by atoms with Crippen molar-refractivity contribution in [1.82, 2.24) is 4.90 Å². The normalized spacial score (nSPS) is 17.8. The fraction of sp³-hybridized carbons (Fsp3) is 0.333. The van der Waals surface area contributed by atoms with E-state index in [1.165, 1.54) is 4.90 Å². The smallest absolute Gasteiger partial charge is 0.282 e. The number of anilines is 1. The molecule has 2 aromatic carbocycles. The van der Waals surface area contributed by atoms with Gasteiger partial charge in [0.25, 0.3) is 11.8 Å². The molecule has 1 saturated heterocycles. The quantitative estimate of drug-likeness (QED) is 0.649. The second-order valence-electron chi connectivity index (χ2n) is 7.78. The van der Waals surface area contributed by atoms with Crippen molar-refractivity contribution in [3.63, 3.8) is 0 Å². The number of piperidine rings is 1. The zero-order chi connectivity index (χ0) is 21.3. The second kappa shape index (κ2) is 8.52. The number of hydrogen-bond donors (Lipinski definition) is 0. The number of halogens is 1. The predicted molar refractivity (Wildman–Crippen MR) is 118 cm³/mol. The number of ether oxygens (including phenoxy) is 1. The summed E-state index contributed by atoms with van der Waals surface area (Å²) >= 11 is 6.05. The van der Waals surface area contributed by atoms with Gasteiger partial charge in [-0.15, -0.1) is 0 Å². The van der Waals surface area contributed by atoms with Crippen molar-refractivity contribution in [3.8, 4) is 5.75 Å². The maximum atomic E-state index is 13.6. The van der Waals surface area contributed by atoms with E-state index in [1.807, 2.05) is 13.0 Å². The lowest BCUT2D eigenvalue weighted by Crippen LogP contribution is -2.38. The average molecular weight is 425 g/mol. The molecule has 0 saturated carbocycles. The molecule has 5 nitrogen and oxygen atoms in total. The fourth-order valence-electron chi connectivity index (χ4n) is 4.03. The lowest BCUT2D eigenvalue weighted by Gasteiger charge is -2.32. The van der Waals surface area contributed by atoms with Gasteiger partial charge in [0.2, 0.25) is 0 Å². The van der Waals surface area contributed by atoms with Gasteiger partial charge in [0.1, 0.15) is 11.4 Å². The van der Waals surface area contributed by atoms with Crippen molar-refractivity contribution in [2.75, 3.05) is 24.6 Å². The molecule has 0 spiro atoms. The van der Waals surface area contributed by atoms with Gasteiger partial charge in [-0.05, 0) is 55.5 Å². The number of hydrogen-bond acceptors (Lipinski definition) is 4. The van der Waals surface area contributed by atoms with Crippen LogP contribution in [0.1, 0.15) is 32.3 Å². The molecule has 0 aromatic heterocycles. The van der Waals surface area contributed by atoms with Gasteiger partial charge < -0.3 is 9.64 Å². The SMILES string of the molecule is CCOc1cccc(N2C(=O)C(c3ccc(Cl)cc3)=C(N3CCC(C)CC3)C2=O)c1. The minimum atomic E-state index is -0.315. The first-order valence-corrected chi connectivity index (χ1v) is 10.7. The van der Waals surface area contributed by atoms with Gasteiger partial charge in [-0.1, -0.05) is 36.7 Å².